The van der Waals surface area contributed by atoms with Crippen LogP contribution in [-0.2, 0) is 24.0 Å². The summed E-state index contributed by atoms with van der Waals surface area (Å²) in [5.41, 5.74) is -0.800. The first-order valence-corrected chi connectivity index (χ1v) is 19.9. The van der Waals surface area contributed by atoms with Gasteiger partial charge in [0.25, 0.3) is 11.8 Å². The number of likely N-dealkylation sites (tertiary alicyclic amines) is 1. The highest BCUT2D eigenvalue weighted by Crippen LogP contribution is 2.33. The first-order valence-electron chi connectivity index (χ1n) is 19.9. The minimum atomic E-state index is -1.15. The Morgan fingerprint density at radius 1 is 0.877 bits per heavy atom. The SMILES string of the molecule is CCC[C@H](NC(=O)[C@@H]1C[C@@H](Oc2cc(OC)cc(OC)c2)CN1C(=O)[C@@H](NC(=O)[C@@H](NC(=O)c1cnccn1)C1CCCCC1)C(C)(C)C)C(=O)C(=O)NC1CC1. The van der Waals surface area contributed by atoms with Crippen LogP contribution < -0.4 is 35.5 Å². The molecule has 0 spiro atoms. The van der Waals surface area contributed by atoms with Crippen molar-refractivity contribution in [3.8, 4) is 17.2 Å². The van der Waals surface area contributed by atoms with Crippen molar-refractivity contribution in [1.82, 2.24) is 36.1 Å². The average molecular weight is 792 g/mol. The maximum atomic E-state index is 14.9. The third kappa shape index (κ3) is 11.4. The highest BCUT2D eigenvalue weighted by atomic mass is 16.5. The lowest BCUT2D eigenvalue weighted by molar-refractivity contribution is -0.145. The Kier molecular flexibility index (Phi) is 14.5. The van der Waals surface area contributed by atoms with Gasteiger partial charge in [-0.05, 0) is 43.4 Å². The van der Waals surface area contributed by atoms with Crippen LogP contribution in [0.5, 0.6) is 17.2 Å². The van der Waals surface area contributed by atoms with Crippen LogP contribution in [0.15, 0.2) is 36.8 Å². The third-order valence-electron chi connectivity index (χ3n) is 10.7. The van der Waals surface area contributed by atoms with Gasteiger partial charge < -0.3 is 40.4 Å². The second kappa shape index (κ2) is 19.2. The van der Waals surface area contributed by atoms with Gasteiger partial charge in [-0.25, -0.2) is 4.98 Å². The molecule has 0 radical (unpaired) electrons. The minimum Gasteiger partial charge on any atom is -0.496 e. The maximum Gasteiger partial charge on any atom is 0.289 e. The summed E-state index contributed by atoms with van der Waals surface area (Å²) in [5, 5.41) is 11.3. The molecule has 5 atom stereocenters. The summed E-state index contributed by atoms with van der Waals surface area (Å²) in [6, 6.07) is 0.632. The predicted octanol–water partition coefficient (Wildman–Crippen LogP) is 2.88. The summed E-state index contributed by atoms with van der Waals surface area (Å²) in [5.74, 6) is -2.59. The number of ether oxygens (including phenoxy) is 3. The summed E-state index contributed by atoms with van der Waals surface area (Å²) >= 11 is 0. The molecule has 1 aromatic carbocycles. The van der Waals surface area contributed by atoms with Crippen LogP contribution in [0.1, 0.15) is 102 Å². The van der Waals surface area contributed by atoms with Gasteiger partial charge in [-0.2, -0.15) is 0 Å². The van der Waals surface area contributed by atoms with Crippen LogP contribution in [0.4, 0.5) is 0 Å². The van der Waals surface area contributed by atoms with Crippen LogP contribution >= 0.6 is 0 Å². The number of hydrogen-bond donors (Lipinski definition) is 4. The molecule has 5 rings (SSSR count). The van der Waals surface area contributed by atoms with E-state index < -0.39 is 71.0 Å². The number of aromatic nitrogens is 2. The maximum absolute atomic E-state index is 14.9. The van der Waals surface area contributed by atoms with Crippen molar-refractivity contribution < 1.29 is 43.0 Å². The smallest absolute Gasteiger partial charge is 0.289 e. The molecule has 0 bridgehead atoms. The number of hydrogen-bond acceptors (Lipinski definition) is 11. The van der Waals surface area contributed by atoms with E-state index in [1.807, 2.05) is 6.92 Å². The number of Topliss-reactive ketones (excluding diaryl/α,β-unsaturated/α-hetero) is 1. The van der Waals surface area contributed by atoms with Crippen LogP contribution in [0.25, 0.3) is 0 Å². The Hall–Kier alpha value is -5.28. The summed E-state index contributed by atoms with van der Waals surface area (Å²) < 4.78 is 17.2. The second-order valence-corrected chi connectivity index (χ2v) is 16.2. The minimum absolute atomic E-state index is 0.0388. The summed E-state index contributed by atoms with van der Waals surface area (Å²) in [6.07, 6.45) is 10.1. The number of rotatable bonds is 17. The molecule has 0 unspecified atom stereocenters. The molecule has 57 heavy (non-hydrogen) atoms. The van der Waals surface area contributed by atoms with Gasteiger partial charge in [-0.15, -0.1) is 0 Å². The van der Waals surface area contributed by atoms with E-state index in [-0.39, 0.29) is 37.0 Å². The molecule has 3 aliphatic rings. The van der Waals surface area contributed by atoms with Gasteiger partial charge in [0.1, 0.15) is 47.2 Å². The number of methoxy groups -OCH3 is 2. The van der Waals surface area contributed by atoms with Crippen molar-refractivity contribution in [3.63, 3.8) is 0 Å². The zero-order valence-electron chi connectivity index (χ0n) is 33.8. The number of amides is 5. The number of nitrogens with zero attached hydrogens (tertiary/aromatic N) is 3. The van der Waals surface area contributed by atoms with Gasteiger partial charge in [0.2, 0.25) is 23.5 Å². The van der Waals surface area contributed by atoms with E-state index in [4.69, 9.17) is 14.2 Å². The zero-order valence-corrected chi connectivity index (χ0v) is 33.8. The van der Waals surface area contributed by atoms with Crippen LogP contribution in [0.2, 0.25) is 0 Å². The Morgan fingerprint density at radius 2 is 1.54 bits per heavy atom. The number of benzene rings is 1. The van der Waals surface area contributed by atoms with E-state index in [1.165, 1.54) is 37.7 Å². The zero-order chi connectivity index (χ0) is 41.3. The fourth-order valence-corrected chi connectivity index (χ4v) is 7.43. The summed E-state index contributed by atoms with van der Waals surface area (Å²) in [6.45, 7) is 7.22. The van der Waals surface area contributed by atoms with Crippen molar-refractivity contribution in [2.75, 3.05) is 20.8 Å². The van der Waals surface area contributed by atoms with Crippen LogP contribution in [0, 0.1) is 11.3 Å². The van der Waals surface area contributed by atoms with Gasteiger partial charge in [0.15, 0.2) is 0 Å². The molecule has 16 nitrogen and oxygen atoms in total. The molecule has 2 saturated carbocycles. The molecule has 2 heterocycles. The number of ketones is 1. The quantitative estimate of drug-likeness (QED) is 0.171. The van der Waals surface area contributed by atoms with E-state index in [9.17, 15) is 28.8 Å². The van der Waals surface area contributed by atoms with Crippen molar-refractivity contribution in [3.05, 3.63) is 42.5 Å². The molecular weight excluding hydrogens is 734 g/mol. The topological polar surface area (TPSA) is 207 Å². The first kappa shape index (κ1) is 42.9. The Morgan fingerprint density at radius 3 is 2.12 bits per heavy atom. The molecule has 310 valence electrons. The largest absolute Gasteiger partial charge is 0.496 e. The normalized spacial score (nSPS) is 20.0. The van der Waals surface area contributed by atoms with Crippen LogP contribution in [0.3, 0.4) is 0 Å². The van der Waals surface area contributed by atoms with Crippen LogP contribution in [-0.4, -0.2) is 107 Å². The molecule has 4 N–H and O–H groups in total. The predicted molar refractivity (Wildman–Crippen MR) is 208 cm³/mol. The molecule has 2 aromatic rings. The molecule has 16 heteroatoms. The van der Waals surface area contributed by atoms with Gasteiger partial charge in [-0.3, -0.25) is 33.8 Å². The molecule has 5 amide bonds. The van der Waals surface area contributed by atoms with E-state index in [0.717, 1.165) is 32.1 Å². The molecule has 1 saturated heterocycles. The van der Waals surface area contributed by atoms with Gasteiger partial charge in [0.05, 0.1) is 33.0 Å². The standard InChI is InChI=1S/C41H57N7O9/c1-7-11-30(34(49)39(53)44-25-14-15-25)45-37(51)32-21-29(57-28-19-26(55-5)18-27(20-28)56-6)23-48(32)40(54)35(41(2,3)4)47-38(52)33(24-12-9-8-10-13-24)46-36(50)31-22-42-16-17-43-31/h16-20,22,24-25,29-30,32-33,35H,7-15,21,23H2,1-6H3,(H,44,53)(H,45,51)(H,46,50)(H,47,52)/t29-,30+,32+,33+,35-/m1/s1. The van der Waals surface area contributed by atoms with Crippen molar-refractivity contribution in [2.45, 2.75) is 128 Å². The first-order chi connectivity index (χ1) is 27.2. The fraction of sp³-hybridized carbons (Fsp3) is 0.610. The van der Waals surface area contributed by atoms with E-state index in [1.54, 1.807) is 39.0 Å². The monoisotopic (exact) mass is 791 g/mol. The molecule has 3 fully saturated rings. The lowest BCUT2D eigenvalue weighted by Gasteiger charge is -2.37. The third-order valence-corrected chi connectivity index (χ3v) is 10.7. The lowest BCUT2D eigenvalue weighted by atomic mass is 9.82. The number of nitrogens with one attached hydrogen (secondary N) is 4. The highest BCUT2D eigenvalue weighted by Gasteiger charge is 2.47. The lowest BCUT2D eigenvalue weighted by Crippen LogP contribution is -2.62. The number of carbonyl (C=O) groups excluding carboxylic acids is 6. The Labute approximate surface area is 333 Å². The Bertz CT molecular complexity index is 1740. The summed E-state index contributed by atoms with van der Waals surface area (Å²) in [4.78, 5) is 92.2. The molecule has 1 aromatic heterocycles. The fourth-order valence-electron chi connectivity index (χ4n) is 7.43. The molecule has 2 aliphatic carbocycles. The van der Waals surface area contributed by atoms with Crippen molar-refractivity contribution in [2.24, 2.45) is 11.3 Å². The highest BCUT2D eigenvalue weighted by molar-refractivity contribution is 6.38. The van der Waals surface area contributed by atoms with Gasteiger partial charge in [-0.1, -0.05) is 53.4 Å². The van der Waals surface area contributed by atoms with Crippen molar-refractivity contribution >= 4 is 35.3 Å². The average Bonchev–Trinajstić information content (AvgIpc) is 3.93. The van der Waals surface area contributed by atoms with Gasteiger partial charge in [0, 0.05) is 43.1 Å². The van der Waals surface area contributed by atoms with Gasteiger partial charge >= 0.3 is 0 Å². The van der Waals surface area contributed by atoms with E-state index >= 15 is 0 Å². The van der Waals surface area contributed by atoms with E-state index in [2.05, 4.69) is 31.2 Å². The molecule has 1 aliphatic heterocycles. The second-order valence-electron chi connectivity index (χ2n) is 16.2. The Balaban J connectivity index is 1.42. The van der Waals surface area contributed by atoms with E-state index in [0.29, 0.717) is 36.5 Å². The summed E-state index contributed by atoms with van der Waals surface area (Å²) in [7, 11) is 3.02. The van der Waals surface area contributed by atoms with Crippen molar-refractivity contribution in [1.29, 1.82) is 0 Å². The molecular formula is C41H57N7O9. The number of carbonyl (C=O) groups is 6.